The summed E-state index contributed by atoms with van der Waals surface area (Å²) in [6, 6.07) is 1.25. The van der Waals surface area contributed by atoms with E-state index in [2.05, 4.69) is 26.1 Å². The highest BCUT2D eigenvalue weighted by molar-refractivity contribution is 4.81. The van der Waals surface area contributed by atoms with Crippen molar-refractivity contribution in [1.82, 2.24) is 5.32 Å². The number of hydrogen-bond donors (Lipinski definition) is 1. The molecular formula is C14H29NO. The third-order valence-electron chi connectivity index (χ3n) is 3.91. The Balaban J connectivity index is 2.36. The standard InChI is InChI=1S/C14H29NO/c1-5-12(11-16-4)15-13-7-6-9-14(2,3)10-8-13/h12-13,15H,5-11H2,1-4H3. The Labute approximate surface area is 101 Å². The minimum absolute atomic E-state index is 0.538. The summed E-state index contributed by atoms with van der Waals surface area (Å²) in [5.41, 5.74) is 0.555. The van der Waals surface area contributed by atoms with Crippen molar-refractivity contribution in [3.05, 3.63) is 0 Å². The average Bonchev–Trinajstić information content (AvgIpc) is 2.40. The highest BCUT2D eigenvalue weighted by atomic mass is 16.5. The molecule has 0 spiro atoms. The maximum atomic E-state index is 5.25. The van der Waals surface area contributed by atoms with E-state index in [9.17, 15) is 0 Å². The number of hydrogen-bond acceptors (Lipinski definition) is 2. The summed E-state index contributed by atoms with van der Waals surface area (Å²) in [6.07, 6.45) is 7.93. The van der Waals surface area contributed by atoms with Crippen LogP contribution in [0.25, 0.3) is 0 Å². The van der Waals surface area contributed by atoms with Gasteiger partial charge in [-0.25, -0.2) is 0 Å². The molecule has 1 rings (SSSR count). The molecule has 0 aromatic rings. The zero-order valence-corrected chi connectivity index (χ0v) is 11.5. The minimum atomic E-state index is 0.538. The van der Waals surface area contributed by atoms with E-state index in [0.717, 1.165) is 13.0 Å². The van der Waals surface area contributed by atoms with Crippen LogP contribution in [0.2, 0.25) is 0 Å². The van der Waals surface area contributed by atoms with Crippen molar-refractivity contribution in [3.63, 3.8) is 0 Å². The Morgan fingerprint density at radius 2 is 2.06 bits per heavy atom. The summed E-state index contributed by atoms with van der Waals surface area (Å²) in [4.78, 5) is 0. The topological polar surface area (TPSA) is 21.3 Å². The van der Waals surface area contributed by atoms with Crippen molar-refractivity contribution < 1.29 is 4.74 Å². The van der Waals surface area contributed by atoms with Crippen LogP contribution >= 0.6 is 0 Å². The molecule has 2 nitrogen and oxygen atoms in total. The lowest BCUT2D eigenvalue weighted by atomic mass is 9.85. The molecule has 96 valence electrons. The molecule has 0 aromatic carbocycles. The number of nitrogens with one attached hydrogen (secondary N) is 1. The van der Waals surface area contributed by atoms with E-state index in [1.807, 2.05) is 0 Å². The van der Waals surface area contributed by atoms with Gasteiger partial charge in [0.25, 0.3) is 0 Å². The molecule has 0 bridgehead atoms. The lowest BCUT2D eigenvalue weighted by Crippen LogP contribution is -2.40. The predicted octanol–water partition coefficient (Wildman–Crippen LogP) is 3.36. The van der Waals surface area contributed by atoms with E-state index in [1.165, 1.54) is 32.1 Å². The normalized spacial score (nSPS) is 27.4. The van der Waals surface area contributed by atoms with Gasteiger partial charge in [0.1, 0.15) is 0 Å². The molecule has 0 radical (unpaired) electrons. The molecule has 0 heterocycles. The van der Waals surface area contributed by atoms with Gasteiger partial charge in [0.15, 0.2) is 0 Å². The molecule has 16 heavy (non-hydrogen) atoms. The van der Waals surface area contributed by atoms with E-state index in [4.69, 9.17) is 4.74 Å². The average molecular weight is 227 g/mol. The molecule has 0 saturated heterocycles. The van der Waals surface area contributed by atoms with Gasteiger partial charge in [-0.05, 0) is 37.5 Å². The van der Waals surface area contributed by atoms with Crippen LogP contribution in [0.4, 0.5) is 0 Å². The van der Waals surface area contributed by atoms with Crippen LogP contribution in [0.1, 0.15) is 59.3 Å². The molecule has 2 atom stereocenters. The van der Waals surface area contributed by atoms with E-state index in [-0.39, 0.29) is 0 Å². The lowest BCUT2D eigenvalue weighted by Gasteiger charge is -2.25. The van der Waals surface area contributed by atoms with Gasteiger partial charge in [-0.15, -0.1) is 0 Å². The Kier molecular flexibility index (Phi) is 5.77. The van der Waals surface area contributed by atoms with Gasteiger partial charge in [-0.2, -0.15) is 0 Å². The highest BCUT2D eigenvalue weighted by Gasteiger charge is 2.25. The van der Waals surface area contributed by atoms with Crippen LogP contribution in [0, 0.1) is 5.41 Å². The molecule has 0 aliphatic heterocycles. The first-order valence-electron chi connectivity index (χ1n) is 6.82. The first kappa shape index (κ1) is 14.0. The van der Waals surface area contributed by atoms with Gasteiger partial charge >= 0.3 is 0 Å². The van der Waals surface area contributed by atoms with E-state index in [0.29, 0.717) is 17.5 Å². The molecule has 0 aromatic heterocycles. The monoisotopic (exact) mass is 227 g/mol. The van der Waals surface area contributed by atoms with Crippen LogP contribution < -0.4 is 5.32 Å². The molecule has 1 N–H and O–H groups in total. The summed E-state index contributed by atoms with van der Waals surface area (Å²) < 4.78 is 5.25. The number of ether oxygens (including phenoxy) is 1. The van der Waals surface area contributed by atoms with Gasteiger partial charge in [-0.3, -0.25) is 0 Å². The van der Waals surface area contributed by atoms with Crippen LogP contribution in [-0.4, -0.2) is 25.8 Å². The molecule has 2 heteroatoms. The molecule has 1 aliphatic carbocycles. The van der Waals surface area contributed by atoms with Crippen molar-refractivity contribution in [2.75, 3.05) is 13.7 Å². The van der Waals surface area contributed by atoms with E-state index < -0.39 is 0 Å². The summed E-state index contributed by atoms with van der Waals surface area (Å²) in [5, 5.41) is 3.76. The van der Waals surface area contributed by atoms with Crippen LogP contribution in [0.3, 0.4) is 0 Å². The maximum Gasteiger partial charge on any atom is 0.0615 e. The summed E-state index contributed by atoms with van der Waals surface area (Å²) >= 11 is 0. The second kappa shape index (κ2) is 6.61. The predicted molar refractivity (Wildman–Crippen MR) is 69.7 cm³/mol. The summed E-state index contributed by atoms with van der Waals surface area (Å²) in [6.45, 7) is 7.89. The van der Waals surface area contributed by atoms with Crippen LogP contribution in [-0.2, 0) is 4.74 Å². The molecule has 2 unspecified atom stereocenters. The van der Waals surface area contributed by atoms with Crippen molar-refractivity contribution in [3.8, 4) is 0 Å². The fourth-order valence-electron chi connectivity index (χ4n) is 2.65. The second-order valence-corrected chi connectivity index (χ2v) is 6.02. The minimum Gasteiger partial charge on any atom is -0.383 e. The Hall–Kier alpha value is -0.0800. The maximum absolute atomic E-state index is 5.25. The molecule has 1 fully saturated rings. The fourth-order valence-corrected chi connectivity index (χ4v) is 2.65. The zero-order valence-electron chi connectivity index (χ0n) is 11.5. The van der Waals surface area contributed by atoms with Gasteiger partial charge in [0.2, 0.25) is 0 Å². The third kappa shape index (κ3) is 4.84. The SMILES string of the molecule is CCC(COC)NC1CCCC(C)(C)CC1. The van der Waals surface area contributed by atoms with Crippen molar-refractivity contribution in [2.24, 2.45) is 5.41 Å². The quantitative estimate of drug-likeness (QED) is 0.727. The lowest BCUT2D eigenvalue weighted by molar-refractivity contribution is 0.156. The Bertz CT molecular complexity index is 191. The summed E-state index contributed by atoms with van der Waals surface area (Å²) in [5.74, 6) is 0. The Morgan fingerprint density at radius 3 is 2.69 bits per heavy atom. The van der Waals surface area contributed by atoms with Crippen LogP contribution in [0.15, 0.2) is 0 Å². The van der Waals surface area contributed by atoms with E-state index >= 15 is 0 Å². The summed E-state index contributed by atoms with van der Waals surface area (Å²) in [7, 11) is 1.79. The molecule has 1 aliphatic rings. The molecule has 1 saturated carbocycles. The van der Waals surface area contributed by atoms with Crippen molar-refractivity contribution in [1.29, 1.82) is 0 Å². The largest absolute Gasteiger partial charge is 0.383 e. The van der Waals surface area contributed by atoms with Gasteiger partial charge in [-0.1, -0.05) is 27.2 Å². The number of rotatable bonds is 5. The molecular weight excluding hydrogens is 198 g/mol. The first-order chi connectivity index (χ1) is 7.57. The number of methoxy groups -OCH3 is 1. The van der Waals surface area contributed by atoms with Gasteiger partial charge < -0.3 is 10.1 Å². The third-order valence-corrected chi connectivity index (χ3v) is 3.91. The smallest absolute Gasteiger partial charge is 0.0615 e. The second-order valence-electron chi connectivity index (χ2n) is 6.02. The Morgan fingerprint density at radius 1 is 1.31 bits per heavy atom. The van der Waals surface area contributed by atoms with Crippen molar-refractivity contribution in [2.45, 2.75) is 71.4 Å². The fraction of sp³-hybridized carbons (Fsp3) is 1.00. The first-order valence-corrected chi connectivity index (χ1v) is 6.82. The van der Waals surface area contributed by atoms with Crippen molar-refractivity contribution >= 4 is 0 Å². The van der Waals surface area contributed by atoms with Gasteiger partial charge in [0.05, 0.1) is 6.61 Å². The highest BCUT2D eigenvalue weighted by Crippen LogP contribution is 2.33. The molecule has 0 amide bonds. The van der Waals surface area contributed by atoms with Crippen LogP contribution in [0.5, 0.6) is 0 Å². The zero-order chi connectivity index (χ0) is 12.0. The van der Waals surface area contributed by atoms with Gasteiger partial charge in [0, 0.05) is 19.2 Å². The van der Waals surface area contributed by atoms with E-state index in [1.54, 1.807) is 7.11 Å².